The number of benzene rings is 2. The molecule has 0 aliphatic heterocycles. The summed E-state index contributed by atoms with van der Waals surface area (Å²) in [6.45, 7) is 5.60. The molecule has 0 fully saturated rings. The number of carbonyl (C=O) groups excluding carboxylic acids is 2. The van der Waals surface area contributed by atoms with Crippen molar-refractivity contribution in [2.75, 3.05) is 13.2 Å². The molecule has 0 spiro atoms. The van der Waals surface area contributed by atoms with E-state index in [4.69, 9.17) is 4.74 Å². The molecule has 0 saturated carbocycles. The van der Waals surface area contributed by atoms with Crippen LogP contribution >= 0.6 is 0 Å². The Morgan fingerprint density at radius 1 is 0.881 bits per heavy atom. The molecular weight excluding hydrogens is 624 g/mol. The summed E-state index contributed by atoms with van der Waals surface area (Å²) < 4.78 is 148. The number of unbranched alkanes of at least 4 members (excludes halogenated alkanes) is 1. The minimum Gasteiger partial charge on any atom is -0.743 e. The minimum atomic E-state index is -7.45. The second-order valence-corrected chi connectivity index (χ2v) is 12.6. The molecule has 0 radical (unpaired) electrons. The van der Waals surface area contributed by atoms with Crippen LogP contribution in [0, 0.1) is 5.41 Å². The van der Waals surface area contributed by atoms with Crippen molar-refractivity contribution in [3.8, 4) is 5.75 Å². The molecule has 0 bridgehead atoms. The molecule has 1 N–H and O–H groups in total. The number of halogens is 6. The van der Waals surface area contributed by atoms with E-state index in [1.54, 1.807) is 13.8 Å². The molecule has 2 rings (SSSR count). The summed E-state index contributed by atoms with van der Waals surface area (Å²) >= 11 is 0. The molecule has 0 aliphatic carbocycles. The van der Waals surface area contributed by atoms with E-state index in [0.29, 0.717) is 31.9 Å². The summed E-state index contributed by atoms with van der Waals surface area (Å²) in [6.07, 6.45) is 1.38. The van der Waals surface area contributed by atoms with Gasteiger partial charge in [0.1, 0.15) is 0 Å². The highest BCUT2D eigenvalue weighted by atomic mass is 32.2. The summed E-state index contributed by atoms with van der Waals surface area (Å²) in [7, 11) is -14.5. The van der Waals surface area contributed by atoms with Crippen LogP contribution in [0.25, 0.3) is 10.8 Å². The summed E-state index contributed by atoms with van der Waals surface area (Å²) in [4.78, 5) is 24.7. The topological polar surface area (TPSA) is 156 Å². The van der Waals surface area contributed by atoms with Crippen LogP contribution in [0.3, 0.4) is 0 Å². The maximum atomic E-state index is 14.2. The summed E-state index contributed by atoms with van der Waals surface area (Å²) in [5.41, 5.74) is -0.795. The third-order valence-electron chi connectivity index (χ3n) is 6.25. The lowest BCUT2D eigenvalue weighted by Gasteiger charge is -2.32. The molecule has 0 saturated heterocycles. The van der Waals surface area contributed by atoms with Crippen molar-refractivity contribution in [3.05, 3.63) is 42.0 Å². The van der Waals surface area contributed by atoms with Gasteiger partial charge in [-0.25, -0.2) is 13.2 Å². The Labute approximate surface area is 237 Å². The molecule has 18 heteroatoms. The van der Waals surface area contributed by atoms with Gasteiger partial charge in [0.05, 0.1) is 12.2 Å². The second kappa shape index (κ2) is 12.2. The van der Waals surface area contributed by atoms with E-state index in [0.717, 1.165) is 12.1 Å². The largest absolute Gasteiger partial charge is 0.743 e. The van der Waals surface area contributed by atoms with E-state index in [1.807, 2.05) is 6.92 Å². The van der Waals surface area contributed by atoms with Gasteiger partial charge in [0.2, 0.25) is 5.91 Å². The standard InChI is InChI=1S/C24H27F6NO9S2/c1-4-21(2,3)20(33)31-13-7-8-14-39-19(32)17-11-12-18(16-10-6-5-9-15(16)17)40-42(37,38)24(29,30)22(25,26)23(27,28)41(34,35)36/h5-6,9-12H,4,7-8,13-14H2,1-3H3,(H,31,33)(H,34,35,36)/p-1. The number of amides is 1. The van der Waals surface area contributed by atoms with Gasteiger partial charge in [-0.3, -0.25) is 4.79 Å². The van der Waals surface area contributed by atoms with Crippen molar-refractivity contribution in [3.63, 3.8) is 0 Å². The Balaban J connectivity index is 2.23. The van der Waals surface area contributed by atoms with Crippen LogP contribution in [0.5, 0.6) is 5.75 Å². The monoisotopic (exact) mass is 650 g/mol. The van der Waals surface area contributed by atoms with E-state index in [-0.39, 0.29) is 23.5 Å². The van der Waals surface area contributed by atoms with Gasteiger partial charge < -0.3 is 18.8 Å². The Bertz CT molecular complexity index is 1540. The minimum absolute atomic E-state index is 0.120. The predicted molar refractivity (Wildman–Crippen MR) is 135 cm³/mol. The second-order valence-electron chi connectivity index (χ2n) is 9.59. The average Bonchev–Trinajstić information content (AvgIpc) is 2.89. The number of alkyl halides is 6. The van der Waals surface area contributed by atoms with Crippen molar-refractivity contribution < 1.29 is 66.2 Å². The first-order valence-corrected chi connectivity index (χ1v) is 14.9. The highest BCUT2D eigenvalue weighted by molar-refractivity contribution is 7.88. The zero-order valence-electron chi connectivity index (χ0n) is 22.3. The number of esters is 1. The van der Waals surface area contributed by atoms with Gasteiger partial charge in [0.25, 0.3) is 0 Å². The highest BCUT2D eigenvalue weighted by Gasteiger charge is 2.81. The number of nitrogens with one attached hydrogen (secondary N) is 1. The fourth-order valence-corrected chi connectivity index (χ4v) is 4.68. The number of hydrogen-bond acceptors (Lipinski definition) is 9. The Kier molecular flexibility index (Phi) is 10.2. The van der Waals surface area contributed by atoms with Gasteiger partial charge in [-0.05, 0) is 36.8 Å². The summed E-state index contributed by atoms with van der Waals surface area (Å²) in [5, 5.41) is -11.8. The zero-order valence-corrected chi connectivity index (χ0v) is 23.9. The zero-order chi connectivity index (χ0) is 32.4. The number of ether oxygens (including phenoxy) is 1. The first-order valence-electron chi connectivity index (χ1n) is 12.0. The van der Waals surface area contributed by atoms with Crippen LogP contribution in [0.4, 0.5) is 26.3 Å². The third kappa shape index (κ3) is 6.75. The van der Waals surface area contributed by atoms with Gasteiger partial charge in [0, 0.05) is 17.3 Å². The number of fused-ring (bicyclic) bond motifs is 1. The molecule has 0 aromatic heterocycles. The van der Waals surface area contributed by atoms with Crippen LogP contribution in [-0.4, -0.2) is 62.8 Å². The van der Waals surface area contributed by atoms with Crippen molar-refractivity contribution in [2.45, 2.75) is 56.5 Å². The summed E-state index contributed by atoms with van der Waals surface area (Å²) in [5.74, 6) is -9.47. The van der Waals surface area contributed by atoms with Crippen LogP contribution in [0.15, 0.2) is 36.4 Å². The van der Waals surface area contributed by atoms with E-state index in [9.17, 15) is 57.3 Å². The Morgan fingerprint density at radius 2 is 1.45 bits per heavy atom. The Hall–Kier alpha value is -3.12. The lowest BCUT2D eigenvalue weighted by molar-refractivity contribution is -0.247. The van der Waals surface area contributed by atoms with Gasteiger partial charge in [-0.15, -0.1) is 0 Å². The fraction of sp³-hybridized carbons (Fsp3) is 0.500. The van der Waals surface area contributed by atoms with Gasteiger partial charge in [-0.1, -0.05) is 45.0 Å². The van der Waals surface area contributed by atoms with Crippen LogP contribution in [0.1, 0.15) is 50.4 Å². The number of carbonyl (C=O) groups is 2. The maximum Gasteiger partial charge on any atom is 0.450 e. The average molecular weight is 651 g/mol. The van der Waals surface area contributed by atoms with E-state index < -0.39 is 59.2 Å². The van der Waals surface area contributed by atoms with Crippen LogP contribution in [-0.2, 0) is 29.8 Å². The number of rotatable bonds is 14. The molecule has 2 aromatic carbocycles. The molecule has 0 heterocycles. The molecule has 10 nitrogen and oxygen atoms in total. The van der Waals surface area contributed by atoms with Crippen molar-refractivity contribution in [1.29, 1.82) is 0 Å². The molecule has 0 unspecified atom stereocenters. The quantitative estimate of drug-likeness (QED) is 0.103. The van der Waals surface area contributed by atoms with E-state index in [2.05, 4.69) is 9.50 Å². The smallest absolute Gasteiger partial charge is 0.450 e. The molecule has 0 atom stereocenters. The number of hydrogen-bond donors (Lipinski definition) is 1. The van der Waals surface area contributed by atoms with Gasteiger partial charge in [0.15, 0.2) is 15.9 Å². The van der Waals surface area contributed by atoms with Gasteiger partial charge in [-0.2, -0.15) is 34.8 Å². The molecule has 1 amide bonds. The van der Waals surface area contributed by atoms with Crippen LogP contribution in [0.2, 0.25) is 0 Å². The molecule has 236 valence electrons. The van der Waals surface area contributed by atoms with Gasteiger partial charge >= 0.3 is 32.5 Å². The molecule has 2 aromatic rings. The maximum absolute atomic E-state index is 14.2. The molecule has 42 heavy (non-hydrogen) atoms. The van der Waals surface area contributed by atoms with Crippen molar-refractivity contribution in [2.24, 2.45) is 5.41 Å². The third-order valence-corrected chi connectivity index (χ3v) is 8.42. The summed E-state index contributed by atoms with van der Waals surface area (Å²) in [6, 6.07) is 6.13. The Morgan fingerprint density at radius 3 is 2.00 bits per heavy atom. The molecule has 0 aliphatic rings. The van der Waals surface area contributed by atoms with Crippen molar-refractivity contribution in [1.82, 2.24) is 5.32 Å². The first kappa shape index (κ1) is 35.1. The van der Waals surface area contributed by atoms with Crippen molar-refractivity contribution >= 4 is 42.9 Å². The SMILES string of the molecule is CCC(C)(C)C(=O)NCCCCOC(=O)c1ccc(OS(=O)(=O)C(F)(F)C(F)(F)C(F)(F)S(=O)(=O)[O-])c2ccccc12. The first-order chi connectivity index (χ1) is 19.0. The normalized spacial score (nSPS) is 13.6. The fourth-order valence-electron chi connectivity index (χ4n) is 3.25. The molecular formula is C24H26F6NO9S2-. The predicted octanol–water partition coefficient (Wildman–Crippen LogP) is 4.40. The lowest BCUT2D eigenvalue weighted by atomic mass is 9.89. The van der Waals surface area contributed by atoms with E-state index in [1.165, 1.54) is 18.2 Å². The van der Waals surface area contributed by atoms with E-state index >= 15 is 0 Å². The lowest BCUT2D eigenvalue weighted by Crippen LogP contribution is -2.61. The van der Waals surface area contributed by atoms with Crippen LogP contribution < -0.4 is 9.50 Å². The highest BCUT2D eigenvalue weighted by Crippen LogP contribution is 2.51.